The minimum Gasteiger partial charge on any atom is -0.464 e. The molecule has 0 bridgehead atoms. The number of methoxy groups -OCH3 is 1. The van der Waals surface area contributed by atoms with Crippen molar-refractivity contribution >= 4 is 32.5 Å². The van der Waals surface area contributed by atoms with Crippen LogP contribution < -0.4 is 5.43 Å². The normalized spacial score (nSPS) is 12.4. The Morgan fingerprint density at radius 1 is 1.16 bits per heavy atom. The van der Waals surface area contributed by atoms with Crippen LogP contribution in [0.15, 0.2) is 29.4 Å². The SMILES string of the molecule is COC(=O)C(=NNc1ccc(C)cc1)S(=O)(=O)CC(=O)OC(C)(C)C. The lowest BCUT2D eigenvalue weighted by Crippen LogP contribution is -2.35. The molecule has 0 heterocycles. The summed E-state index contributed by atoms with van der Waals surface area (Å²) in [6, 6.07) is 6.89. The lowest BCUT2D eigenvalue weighted by Gasteiger charge is -2.19. The van der Waals surface area contributed by atoms with E-state index in [1.165, 1.54) is 0 Å². The molecule has 0 aromatic heterocycles. The number of hydrogen-bond donors (Lipinski definition) is 1. The van der Waals surface area contributed by atoms with Crippen molar-refractivity contribution in [2.45, 2.75) is 33.3 Å². The van der Waals surface area contributed by atoms with E-state index in [4.69, 9.17) is 4.74 Å². The van der Waals surface area contributed by atoms with Gasteiger partial charge in [-0.1, -0.05) is 17.7 Å². The standard InChI is InChI=1S/C16H22N2O6S/c1-11-6-8-12(9-7-11)17-18-14(15(20)23-5)25(21,22)10-13(19)24-16(2,3)4/h6-9,17H,10H2,1-5H3. The van der Waals surface area contributed by atoms with Gasteiger partial charge in [-0.3, -0.25) is 10.2 Å². The molecule has 8 nitrogen and oxygen atoms in total. The van der Waals surface area contributed by atoms with Crippen LogP contribution in [0.3, 0.4) is 0 Å². The van der Waals surface area contributed by atoms with Gasteiger partial charge in [-0.05, 0) is 39.8 Å². The summed E-state index contributed by atoms with van der Waals surface area (Å²) in [7, 11) is -3.32. The molecule has 0 aliphatic rings. The Balaban J connectivity index is 3.03. The Morgan fingerprint density at radius 3 is 2.20 bits per heavy atom. The van der Waals surface area contributed by atoms with Crippen LogP contribution in [-0.4, -0.2) is 43.9 Å². The Kier molecular flexibility index (Phi) is 6.69. The Bertz CT molecular complexity index is 761. The molecule has 25 heavy (non-hydrogen) atoms. The van der Waals surface area contributed by atoms with Gasteiger partial charge in [0.15, 0.2) is 5.75 Å². The maximum atomic E-state index is 12.3. The van der Waals surface area contributed by atoms with Crippen molar-refractivity contribution in [3.05, 3.63) is 29.8 Å². The van der Waals surface area contributed by atoms with Crippen LogP contribution in [0.25, 0.3) is 0 Å². The first kappa shape index (κ1) is 20.6. The number of hydrazone groups is 1. The van der Waals surface area contributed by atoms with Gasteiger partial charge in [-0.25, -0.2) is 13.2 Å². The molecule has 1 N–H and O–H groups in total. The van der Waals surface area contributed by atoms with E-state index in [2.05, 4.69) is 15.3 Å². The first-order valence-electron chi connectivity index (χ1n) is 7.38. The molecule has 0 unspecified atom stereocenters. The number of anilines is 1. The zero-order valence-corrected chi connectivity index (χ0v) is 15.6. The summed E-state index contributed by atoms with van der Waals surface area (Å²) in [4.78, 5) is 23.5. The predicted octanol–water partition coefficient (Wildman–Crippen LogP) is 1.65. The number of esters is 2. The number of aryl methyl sites for hydroxylation is 1. The van der Waals surface area contributed by atoms with Gasteiger partial charge in [0, 0.05) is 0 Å². The highest BCUT2D eigenvalue weighted by atomic mass is 32.2. The number of benzene rings is 1. The molecule has 1 aromatic carbocycles. The van der Waals surface area contributed by atoms with Crippen LogP contribution in [0.5, 0.6) is 0 Å². The van der Waals surface area contributed by atoms with Gasteiger partial charge < -0.3 is 9.47 Å². The first-order valence-corrected chi connectivity index (χ1v) is 9.03. The summed E-state index contributed by atoms with van der Waals surface area (Å²) in [6.45, 7) is 6.70. The topological polar surface area (TPSA) is 111 Å². The van der Waals surface area contributed by atoms with Crippen LogP contribution in [0.1, 0.15) is 26.3 Å². The maximum Gasteiger partial charge on any atom is 0.370 e. The third kappa shape index (κ3) is 6.92. The van der Waals surface area contributed by atoms with Gasteiger partial charge in [-0.15, -0.1) is 0 Å². The van der Waals surface area contributed by atoms with E-state index in [9.17, 15) is 18.0 Å². The lowest BCUT2D eigenvalue weighted by atomic mass is 10.2. The van der Waals surface area contributed by atoms with Crippen molar-refractivity contribution in [1.82, 2.24) is 0 Å². The average Bonchev–Trinajstić information content (AvgIpc) is 2.46. The molecule has 9 heteroatoms. The van der Waals surface area contributed by atoms with Gasteiger partial charge in [0.2, 0.25) is 9.84 Å². The number of hydrogen-bond acceptors (Lipinski definition) is 8. The highest BCUT2D eigenvalue weighted by molar-refractivity contribution is 8.08. The first-order chi connectivity index (χ1) is 11.4. The molecule has 0 atom stereocenters. The number of rotatable bonds is 4. The van der Waals surface area contributed by atoms with Crippen LogP contribution >= 0.6 is 0 Å². The summed E-state index contributed by atoms with van der Waals surface area (Å²) in [5, 5.41) is 2.71. The largest absolute Gasteiger partial charge is 0.464 e. The molecule has 0 saturated heterocycles. The van der Waals surface area contributed by atoms with Gasteiger partial charge in [0.1, 0.15) is 5.60 Å². The fourth-order valence-electron chi connectivity index (χ4n) is 1.67. The molecule has 1 aromatic rings. The van der Waals surface area contributed by atoms with Crippen molar-refractivity contribution in [2.24, 2.45) is 5.10 Å². The van der Waals surface area contributed by atoms with Crippen molar-refractivity contribution in [1.29, 1.82) is 0 Å². The highest BCUT2D eigenvalue weighted by Crippen LogP contribution is 2.11. The Hall–Kier alpha value is -2.42. The van der Waals surface area contributed by atoms with E-state index in [1.807, 2.05) is 6.92 Å². The van der Waals surface area contributed by atoms with Crippen molar-refractivity contribution in [3.63, 3.8) is 0 Å². The van der Waals surface area contributed by atoms with Crippen molar-refractivity contribution < 1.29 is 27.5 Å². The van der Waals surface area contributed by atoms with E-state index < -0.39 is 38.2 Å². The average molecular weight is 370 g/mol. The molecule has 138 valence electrons. The van der Waals surface area contributed by atoms with Crippen molar-refractivity contribution in [2.75, 3.05) is 18.3 Å². The number of sulfone groups is 1. The van der Waals surface area contributed by atoms with Crippen LogP contribution in [-0.2, 0) is 28.9 Å². The summed E-state index contributed by atoms with van der Waals surface area (Å²) in [5.74, 6) is -3.18. The summed E-state index contributed by atoms with van der Waals surface area (Å²) >= 11 is 0. The molecular formula is C16H22N2O6S. The molecule has 0 saturated carbocycles. The maximum absolute atomic E-state index is 12.3. The zero-order chi connectivity index (χ0) is 19.3. The highest BCUT2D eigenvalue weighted by Gasteiger charge is 2.33. The van der Waals surface area contributed by atoms with Gasteiger partial charge in [0.05, 0.1) is 12.8 Å². The monoisotopic (exact) mass is 370 g/mol. The Morgan fingerprint density at radius 2 is 1.72 bits per heavy atom. The van der Waals surface area contributed by atoms with Gasteiger partial charge in [-0.2, -0.15) is 5.10 Å². The second kappa shape index (κ2) is 8.11. The number of carbonyl (C=O) groups is 2. The van der Waals surface area contributed by atoms with E-state index in [0.29, 0.717) is 5.69 Å². The molecule has 0 aliphatic heterocycles. The van der Waals surface area contributed by atoms with Gasteiger partial charge in [0.25, 0.3) is 5.04 Å². The van der Waals surface area contributed by atoms with Crippen molar-refractivity contribution in [3.8, 4) is 0 Å². The smallest absolute Gasteiger partial charge is 0.370 e. The Labute approximate surface area is 147 Å². The number of nitrogens with one attached hydrogen (secondary N) is 1. The molecule has 0 amide bonds. The summed E-state index contributed by atoms with van der Waals surface area (Å²) in [6.07, 6.45) is 0. The fourth-order valence-corrected chi connectivity index (χ4v) is 2.70. The minimum absolute atomic E-state index is 0.472. The third-order valence-electron chi connectivity index (χ3n) is 2.72. The quantitative estimate of drug-likeness (QED) is 0.371. The van der Waals surface area contributed by atoms with E-state index in [1.54, 1.807) is 45.0 Å². The van der Waals surface area contributed by atoms with E-state index in [0.717, 1.165) is 12.7 Å². The molecular weight excluding hydrogens is 348 g/mol. The second-order valence-electron chi connectivity index (χ2n) is 6.23. The summed E-state index contributed by atoms with van der Waals surface area (Å²) < 4.78 is 34.1. The zero-order valence-electron chi connectivity index (χ0n) is 14.8. The molecule has 0 aliphatic carbocycles. The van der Waals surface area contributed by atoms with Gasteiger partial charge >= 0.3 is 11.9 Å². The van der Waals surface area contributed by atoms with Crippen LogP contribution in [0, 0.1) is 6.92 Å². The molecule has 0 radical (unpaired) electrons. The van der Waals surface area contributed by atoms with E-state index in [-0.39, 0.29) is 0 Å². The second-order valence-corrected chi connectivity index (χ2v) is 8.14. The third-order valence-corrected chi connectivity index (χ3v) is 4.18. The fraction of sp³-hybridized carbons (Fsp3) is 0.438. The minimum atomic E-state index is -4.35. The van der Waals surface area contributed by atoms with Crippen LogP contribution in [0.2, 0.25) is 0 Å². The number of carbonyl (C=O) groups excluding carboxylic acids is 2. The molecule has 0 fully saturated rings. The van der Waals surface area contributed by atoms with E-state index >= 15 is 0 Å². The molecule has 1 rings (SSSR count). The predicted molar refractivity (Wildman–Crippen MR) is 93.9 cm³/mol. The summed E-state index contributed by atoms with van der Waals surface area (Å²) in [5.41, 5.74) is 3.09. The van der Waals surface area contributed by atoms with Crippen LogP contribution in [0.4, 0.5) is 5.69 Å². The molecule has 0 spiro atoms. The lowest BCUT2D eigenvalue weighted by molar-refractivity contribution is -0.151. The number of ether oxygens (including phenoxy) is 2. The number of nitrogens with zero attached hydrogens (tertiary/aromatic N) is 1.